The molecule has 0 saturated heterocycles. The highest BCUT2D eigenvalue weighted by Gasteiger charge is 2.28. The molecule has 31 heavy (non-hydrogen) atoms. The first-order valence-electron chi connectivity index (χ1n) is 10.6. The summed E-state index contributed by atoms with van der Waals surface area (Å²) >= 11 is 0. The van der Waals surface area contributed by atoms with E-state index in [1.54, 1.807) is 13.1 Å². The molecule has 0 unspecified atom stereocenters. The number of likely N-dealkylation sites (N-methyl/N-ethyl adjacent to an activating group) is 2. The summed E-state index contributed by atoms with van der Waals surface area (Å²) in [4.78, 5) is 37.4. The highest BCUT2D eigenvalue weighted by molar-refractivity contribution is 6.00. The molecule has 2 N–H and O–H groups in total. The number of benzene rings is 2. The van der Waals surface area contributed by atoms with Gasteiger partial charge in [0.15, 0.2) is 5.78 Å². The van der Waals surface area contributed by atoms with Crippen molar-refractivity contribution in [3.8, 4) is 0 Å². The topological polar surface area (TPSA) is 81.3 Å². The van der Waals surface area contributed by atoms with Crippen LogP contribution < -0.4 is 5.32 Å². The van der Waals surface area contributed by atoms with Crippen molar-refractivity contribution in [2.75, 3.05) is 34.2 Å². The van der Waals surface area contributed by atoms with Crippen LogP contribution in [0.4, 0.5) is 0 Å². The van der Waals surface area contributed by atoms with Gasteiger partial charge >= 0.3 is 0 Å². The summed E-state index contributed by atoms with van der Waals surface area (Å²) in [5.41, 5.74) is 3.19. The molecule has 0 bridgehead atoms. The summed E-state index contributed by atoms with van der Waals surface area (Å²) in [5.74, 6) is 0.781. The van der Waals surface area contributed by atoms with Gasteiger partial charge in [-0.1, -0.05) is 37.3 Å². The molecular weight excluding hydrogens is 390 g/mol. The second-order valence-electron chi connectivity index (χ2n) is 7.91. The maximum atomic E-state index is 13.5. The van der Waals surface area contributed by atoms with E-state index >= 15 is 0 Å². The normalized spacial score (nSPS) is 12.3. The third kappa shape index (κ3) is 5.37. The van der Waals surface area contributed by atoms with Crippen molar-refractivity contribution in [3.05, 3.63) is 65.5 Å². The minimum absolute atomic E-state index is 0.0278. The van der Waals surface area contributed by atoms with Gasteiger partial charge in [-0.05, 0) is 51.3 Å². The number of fused-ring (bicyclic) bond motifs is 1. The Hall–Kier alpha value is -3.03. The number of carbonyl (C=O) groups is 2. The first-order valence-corrected chi connectivity index (χ1v) is 10.6. The molecule has 164 valence electrons. The van der Waals surface area contributed by atoms with Crippen LogP contribution in [0.5, 0.6) is 0 Å². The van der Waals surface area contributed by atoms with Crippen molar-refractivity contribution < 1.29 is 9.59 Å². The number of aromatic nitrogens is 2. The van der Waals surface area contributed by atoms with Crippen molar-refractivity contribution in [2.45, 2.75) is 25.9 Å². The molecule has 3 rings (SSSR count). The number of aromatic amines is 1. The number of imidazole rings is 1. The van der Waals surface area contributed by atoms with Crippen molar-refractivity contribution in [1.82, 2.24) is 25.1 Å². The minimum Gasteiger partial charge on any atom is -0.340 e. The van der Waals surface area contributed by atoms with Crippen LogP contribution in [0.25, 0.3) is 11.0 Å². The van der Waals surface area contributed by atoms with E-state index in [1.807, 2.05) is 66.4 Å². The Morgan fingerprint density at radius 3 is 2.52 bits per heavy atom. The van der Waals surface area contributed by atoms with Gasteiger partial charge in [0.05, 0.1) is 24.1 Å². The quantitative estimate of drug-likeness (QED) is 0.492. The number of amides is 1. The standard InChI is InChI=1S/C24H31N5O2/c1-5-13-29(24(31)23(28(3)4)17-9-7-6-8-10-17)16-22-26-19-12-11-18(14-20(19)27-22)21(30)15-25-2/h6-12,14,23,25H,5,13,15-16H2,1-4H3,(H,26,27)/t23-/m1/s1. The largest absolute Gasteiger partial charge is 0.340 e. The fourth-order valence-corrected chi connectivity index (χ4v) is 3.76. The number of hydrogen-bond acceptors (Lipinski definition) is 5. The lowest BCUT2D eigenvalue weighted by atomic mass is 10.0. The Labute approximate surface area is 183 Å². The third-order valence-electron chi connectivity index (χ3n) is 5.20. The molecule has 0 aliphatic rings. The number of nitrogens with one attached hydrogen (secondary N) is 2. The predicted molar refractivity (Wildman–Crippen MR) is 123 cm³/mol. The average molecular weight is 422 g/mol. The van der Waals surface area contributed by atoms with E-state index in [1.165, 1.54) is 0 Å². The van der Waals surface area contributed by atoms with Crippen LogP contribution in [0.2, 0.25) is 0 Å². The van der Waals surface area contributed by atoms with Gasteiger partial charge in [-0.25, -0.2) is 4.98 Å². The van der Waals surface area contributed by atoms with Gasteiger partial charge in [-0.2, -0.15) is 0 Å². The predicted octanol–water partition coefficient (Wildman–Crippen LogP) is 3.01. The van der Waals surface area contributed by atoms with E-state index in [9.17, 15) is 9.59 Å². The maximum Gasteiger partial charge on any atom is 0.244 e. The SMILES string of the molecule is CCCN(Cc1nc2ccc(C(=O)CNC)cc2[nH]1)C(=O)[C@@H](c1ccccc1)N(C)C. The molecule has 0 fully saturated rings. The van der Waals surface area contributed by atoms with Crippen molar-refractivity contribution >= 4 is 22.7 Å². The molecule has 1 heterocycles. The fourth-order valence-electron chi connectivity index (χ4n) is 3.76. The van der Waals surface area contributed by atoms with Gasteiger partial charge in [0.2, 0.25) is 5.91 Å². The average Bonchev–Trinajstić information content (AvgIpc) is 3.15. The molecule has 7 nitrogen and oxygen atoms in total. The number of rotatable bonds is 10. The summed E-state index contributed by atoms with van der Waals surface area (Å²) in [6.45, 7) is 3.37. The smallest absolute Gasteiger partial charge is 0.244 e. The molecule has 0 aliphatic heterocycles. The molecule has 0 saturated carbocycles. The van der Waals surface area contributed by atoms with Gasteiger partial charge in [0.25, 0.3) is 0 Å². The van der Waals surface area contributed by atoms with Crippen LogP contribution in [0.3, 0.4) is 0 Å². The van der Waals surface area contributed by atoms with Gasteiger partial charge in [-0.15, -0.1) is 0 Å². The highest BCUT2D eigenvalue weighted by Crippen LogP contribution is 2.22. The summed E-state index contributed by atoms with van der Waals surface area (Å²) in [5, 5.41) is 2.88. The van der Waals surface area contributed by atoms with Gasteiger partial charge in [-0.3, -0.25) is 14.5 Å². The van der Waals surface area contributed by atoms with Crippen LogP contribution in [-0.4, -0.2) is 65.7 Å². The number of nitrogens with zero attached hydrogens (tertiary/aromatic N) is 3. The molecule has 0 aliphatic carbocycles. The molecule has 1 amide bonds. The zero-order valence-electron chi connectivity index (χ0n) is 18.7. The summed E-state index contributed by atoms with van der Waals surface area (Å²) in [7, 11) is 5.59. The molecular formula is C24H31N5O2. The Morgan fingerprint density at radius 1 is 1.13 bits per heavy atom. The van der Waals surface area contributed by atoms with E-state index in [0.29, 0.717) is 24.5 Å². The Kier molecular flexibility index (Phi) is 7.55. The molecule has 3 aromatic rings. The van der Waals surface area contributed by atoms with E-state index in [4.69, 9.17) is 0 Å². The number of Topliss-reactive ketones (excluding diaryl/α,β-unsaturated/α-hetero) is 1. The molecule has 0 spiro atoms. The maximum absolute atomic E-state index is 13.5. The number of hydrogen-bond donors (Lipinski definition) is 2. The van der Waals surface area contributed by atoms with Crippen molar-refractivity contribution in [2.24, 2.45) is 0 Å². The first-order chi connectivity index (χ1) is 14.9. The highest BCUT2D eigenvalue weighted by atomic mass is 16.2. The number of carbonyl (C=O) groups excluding carboxylic acids is 2. The lowest BCUT2D eigenvalue weighted by molar-refractivity contribution is -0.137. The first kappa shape index (κ1) is 22.7. The molecule has 1 aromatic heterocycles. The van der Waals surface area contributed by atoms with E-state index in [0.717, 1.165) is 23.0 Å². The monoisotopic (exact) mass is 421 g/mol. The minimum atomic E-state index is -0.358. The summed E-state index contributed by atoms with van der Waals surface area (Å²) < 4.78 is 0. The zero-order chi connectivity index (χ0) is 22.4. The second kappa shape index (κ2) is 10.3. The Balaban J connectivity index is 1.85. The van der Waals surface area contributed by atoms with E-state index < -0.39 is 0 Å². The zero-order valence-corrected chi connectivity index (χ0v) is 18.7. The van der Waals surface area contributed by atoms with Crippen LogP contribution in [0.1, 0.15) is 41.1 Å². The van der Waals surface area contributed by atoms with Crippen LogP contribution in [0, 0.1) is 0 Å². The van der Waals surface area contributed by atoms with Crippen LogP contribution in [0.15, 0.2) is 48.5 Å². The van der Waals surface area contributed by atoms with Crippen LogP contribution in [-0.2, 0) is 11.3 Å². The van der Waals surface area contributed by atoms with Gasteiger partial charge in [0, 0.05) is 12.1 Å². The Bertz CT molecular complexity index is 1030. The number of ketones is 1. The van der Waals surface area contributed by atoms with Gasteiger partial charge in [0.1, 0.15) is 11.9 Å². The van der Waals surface area contributed by atoms with Gasteiger partial charge < -0.3 is 15.2 Å². The Morgan fingerprint density at radius 2 is 1.87 bits per heavy atom. The fraction of sp³-hybridized carbons (Fsp3) is 0.375. The third-order valence-corrected chi connectivity index (χ3v) is 5.20. The summed E-state index contributed by atoms with van der Waals surface area (Å²) in [6.07, 6.45) is 0.851. The second-order valence-corrected chi connectivity index (χ2v) is 7.91. The van der Waals surface area contributed by atoms with Crippen molar-refractivity contribution in [1.29, 1.82) is 0 Å². The molecule has 0 radical (unpaired) electrons. The van der Waals surface area contributed by atoms with E-state index in [2.05, 4.69) is 22.2 Å². The molecule has 1 atom stereocenters. The van der Waals surface area contributed by atoms with Crippen LogP contribution >= 0.6 is 0 Å². The molecule has 2 aromatic carbocycles. The summed E-state index contributed by atoms with van der Waals surface area (Å²) in [6, 6.07) is 14.9. The lowest BCUT2D eigenvalue weighted by Gasteiger charge is -2.30. The molecule has 7 heteroatoms. The van der Waals surface area contributed by atoms with E-state index in [-0.39, 0.29) is 24.3 Å². The number of H-pyrrole nitrogens is 1. The van der Waals surface area contributed by atoms with Crippen molar-refractivity contribution in [3.63, 3.8) is 0 Å². The lowest BCUT2D eigenvalue weighted by Crippen LogP contribution is -2.40.